The van der Waals surface area contributed by atoms with E-state index in [-0.39, 0.29) is 37.9 Å². The maximum Gasteiger partial charge on any atom is 0.393 e. The third-order valence-electron chi connectivity index (χ3n) is 4.38. The zero-order valence-electron chi connectivity index (χ0n) is 13.3. The molecule has 3 heterocycles. The summed E-state index contributed by atoms with van der Waals surface area (Å²) in [6, 6.07) is 1.72. The standard InChI is InChI=1S/C14H18F3N5O.2ClH/c15-14(16,17)11-9-18-8-10(11)12(23)21-4-6-22(7-5-21)13-19-2-1-3-20-13;;/h1-3,10-11,18H,4-9H2;2*1H/t10-,11-;;/m1../s1. The molecule has 11 heteroatoms. The molecule has 0 unspecified atom stereocenters. The molecule has 0 saturated carbocycles. The van der Waals surface area contributed by atoms with E-state index in [1.165, 1.54) is 4.90 Å². The van der Waals surface area contributed by atoms with Crippen LogP contribution in [0, 0.1) is 11.8 Å². The van der Waals surface area contributed by atoms with Crippen LogP contribution in [0.15, 0.2) is 18.5 Å². The molecule has 2 aliphatic rings. The summed E-state index contributed by atoms with van der Waals surface area (Å²) in [6.07, 6.45) is -1.07. The number of nitrogens with one attached hydrogen (secondary N) is 1. The summed E-state index contributed by atoms with van der Waals surface area (Å²) in [7, 11) is 0. The second-order valence-electron chi connectivity index (χ2n) is 5.77. The highest BCUT2D eigenvalue weighted by Crippen LogP contribution is 2.35. The van der Waals surface area contributed by atoms with Crippen molar-refractivity contribution in [3.8, 4) is 0 Å². The van der Waals surface area contributed by atoms with Gasteiger partial charge in [0.2, 0.25) is 11.9 Å². The largest absolute Gasteiger partial charge is 0.393 e. The van der Waals surface area contributed by atoms with Gasteiger partial charge in [0, 0.05) is 51.7 Å². The van der Waals surface area contributed by atoms with Crippen molar-refractivity contribution in [2.45, 2.75) is 6.18 Å². The van der Waals surface area contributed by atoms with Gasteiger partial charge in [0.25, 0.3) is 0 Å². The molecular formula is C14H20Cl2F3N5O. The van der Waals surface area contributed by atoms with Crippen molar-refractivity contribution in [2.24, 2.45) is 11.8 Å². The van der Waals surface area contributed by atoms with E-state index >= 15 is 0 Å². The third kappa shape index (κ3) is 4.86. The Hall–Kier alpha value is -1.32. The summed E-state index contributed by atoms with van der Waals surface area (Å²) in [4.78, 5) is 24.2. The molecule has 0 aliphatic carbocycles. The third-order valence-corrected chi connectivity index (χ3v) is 4.38. The van der Waals surface area contributed by atoms with Crippen molar-refractivity contribution in [3.05, 3.63) is 18.5 Å². The lowest BCUT2D eigenvalue weighted by atomic mass is 9.94. The molecule has 25 heavy (non-hydrogen) atoms. The van der Waals surface area contributed by atoms with E-state index in [2.05, 4.69) is 15.3 Å². The van der Waals surface area contributed by atoms with Crippen LogP contribution in [-0.2, 0) is 4.79 Å². The number of hydrogen-bond acceptors (Lipinski definition) is 5. The molecule has 0 radical (unpaired) electrons. The molecule has 1 amide bonds. The minimum absolute atomic E-state index is 0. The number of halogens is 5. The first-order valence-electron chi connectivity index (χ1n) is 7.55. The predicted molar refractivity (Wildman–Crippen MR) is 91.2 cm³/mol. The first-order valence-corrected chi connectivity index (χ1v) is 7.55. The fourth-order valence-corrected chi connectivity index (χ4v) is 3.10. The number of carbonyl (C=O) groups is 1. The van der Waals surface area contributed by atoms with Gasteiger partial charge in [-0.15, -0.1) is 24.8 Å². The summed E-state index contributed by atoms with van der Waals surface area (Å²) in [5.74, 6) is -2.44. The predicted octanol–water partition coefficient (Wildman–Crippen LogP) is 1.37. The van der Waals surface area contributed by atoms with Gasteiger partial charge in [0.15, 0.2) is 0 Å². The van der Waals surface area contributed by atoms with Crippen LogP contribution < -0.4 is 10.2 Å². The Morgan fingerprint density at radius 2 is 1.68 bits per heavy atom. The van der Waals surface area contributed by atoms with Crippen LogP contribution in [0.4, 0.5) is 19.1 Å². The van der Waals surface area contributed by atoms with Crippen molar-refractivity contribution < 1.29 is 18.0 Å². The Morgan fingerprint density at radius 1 is 1.08 bits per heavy atom. The van der Waals surface area contributed by atoms with E-state index < -0.39 is 23.9 Å². The van der Waals surface area contributed by atoms with Gasteiger partial charge in [0.05, 0.1) is 11.8 Å². The fourth-order valence-electron chi connectivity index (χ4n) is 3.10. The average molecular weight is 402 g/mol. The zero-order valence-corrected chi connectivity index (χ0v) is 14.9. The van der Waals surface area contributed by atoms with Crippen molar-refractivity contribution in [2.75, 3.05) is 44.2 Å². The van der Waals surface area contributed by atoms with E-state index in [4.69, 9.17) is 0 Å². The van der Waals surface area contributed by atoms with Crippen LogP contribution in [0.2, 0.25) is 0 Å². The molecule has 0 spiro atoms. The van der Waals surface area contributed by atoms with E-state index in [1.807, 2.05) is 4.90 Å². The highest BCUT2D eigenvalue weighted by Gasteiger charge is 2.50. The Kier molecular flexibility index (Phi) is 7.70. The first-order chi connectivity index (χ1) is 11.0. The highest BCUT2D eigenvalue weighted by molar-refractivity contribution is 5.85. The Bertz CT molecular complexity index is 555. The minimum atomic E-state index is -4.34. The summed E-state index contributed by atoms with van der Waals surface area (Å²) in [6.45, 7) is 1.72. The molecule has 3 rings (SSSR count). The topological polar surface area (TPSA) is 61.4 Å². The monoisotopic (exact) mass is 401 g/mol. The van der Waals surface area contributed by atoms with E-state index in [0.29, 0.717) is 32.1 Å². The molecule has 2 fully saturated rings. The lowest BCUT2D eigenvalue weighted by molar-refractivity contribution is -0.185. The zero-order chi connectivity index (χ0) is 16.4. The maximum atomic E-state index is 13.0. The van der Waals surface area contributed by atoms with Crippen LogP contribution in [0.5, 0.6) is 0 Å². The molecule has 2 aliphatic heterocycles. The molecule has 1 aromatic heterocycles. The molecule has 142 valence electrons. The van der Waals surface area contributed by atoms with Crippen LogP contribution in [0.25, 0.3) is 0 Å². The molecule has 0 bridgehead atoms. The Labute approximate surface area is 156 Å². The highest BCUT2D eigenvalue weighted by atomic mass is 35.5. The summed E-state index contributed by atoms with van der Waals surface area (Å²) < 4.78 is 39.0. The van der Waals surface area contributed by atoms with Crippen LogP contribution in [-0.4, -0.2) is 66.2 Å². The lowest BCUT2D eigenvalue weighted by Gasteiger charge is -2.36. The van der Waals surface area contributed by atoms with Gasteiger partial charge in [-0.25, -0.2) is 9.97 Å². The maximum absolute atomic E-state index is 13.0. The molecule has 2 atom stereocenters. The minimum Gasteiger partial charge on any atom is -0.339 e. The van der Waals surface area contributed by atoms with Gasteiger partial charge in [-0.05, 0) is 6.07 Å². The molecule has 1 N–H and O–H groups in total. The Morgan fingerprint density at radius 3 is 2.24 bits per heavy atom. The molecule has 0 aromatic carbocycles. The SMILES string of the molecule is Cl.Cl.O=C([C@@H]1CNC[C@H]1C(F)(F)F)N1CCN(c2ncccn2)CC1. The van der Waals surface area contributed by atoms with Gasteiger partial charge >= 0.3 is 6.18 Å². The smallest absolute Gasteiger partial charge is 0.339 e. The molecular weight excluding hydrogens is 382 g/mol. The van der Waals surface area contributed by atoms with E-state index in [9.17, 15) is 18.0 Å². The fraction of sp³-hybridized carbons (Fsp3) is 0.643. The number of nitrogens with zero attached hydrogens (tertiary/aromatic N) is 4. The molecule has 6 nitrogen and oxygen atoms in total. The molecule has 2 saturated heterocycles. The molecule has 1 aromatic rings. The number of aromatic nitrogens is 2. The first kappa shape index (κ1) is 21.7. The quantitative estimate of drug-likeness (QED) is 0.810. The number of rotatable bonds is 2. The average Bonchev–Trinajstić information content (AvgIpc) is 3.05. The van der Waals surface area contributed by atoms with Gasteiger partial charge in [0.1, 0.15) is 0 Å². The van der Waals surface area contributed by atoms with Crippen molar-refractivity contribution in [1.82, 2.24) is 20.2 Å². The van der Waals surface area contributed by atoms with E-state index in [0.717, 1.165) is 0 Å². The number of piperazine rings is 1. The number of alkyl halides is 3. The summed E-state index contributed by atoms with van der Waals surface area (Å²) in [5, 5.41) is 2.69. The lowest BCUT2D eigenvalue weighted by Crippen LogP contribution is -2.52. The van der Waals surface area contributed by atoms with E-state index in [1.54, 1.807) is 18.5 Å². The van der Waals surface area contributed by atoms with Gasteiger partial charge < -0.3 is 15.1 Å². The normalized spacial score (nSPS) is 23.6. The number of amides is 1. The van der Waals surface area contributed by atoms with Crippen LogP contribution >= 0.6 is 24.8 Å². The van der Waals surface area contributed by atoms with Gasteiger partial charge in [-0.2, -0.15) is 13.2 Å². The number of carbonyl (C=O) groups excluding carboxylic acids is 1. The number of hydrogen-bond donors (Lipinski definition) is 1. The van der Waals surface area contributed by atoms with Crippen molar-refractivity contribution in [3.63, 3.8) is 0 Å². The second kappa shape index (κ2) is 8.86. The van der Waals surface area contributed by atoms with Crippen molar-refractivity contribution >= 4 is 36.7 Å². The summed E-state index contributed by atoms with van der Waals surface area (Å²) in [5.41, 5.74) is 0. The van der Waals surface area contributed by atoms with Crippen LogP contribution in [0.1, 0.15) is 0 Å². The van der Waals surface area contributed by atoms with Gasteiger partial charge in [-0.1, -0.05) is 0 Å². The van der Waals surface area contributed by atoms with Crippen LogP contribution in [0.3, 0.4) is 0 Å². The summed E-state index contributed by atoms with van der Waals surface area (Å²) >= 11 is 0. The van der Waals surface area contributed by atoms with Crippen molar-refractivity contribution in [1.29, 1.82) is 0 Å². The van der Waals surface area contributed by atoms with Gasteiger partial charge in [-0.3, -0.25) is 4.79 Å². The second-order valence-corrected chi connectivity index (χ2v) is 5.77. The Balaban J connectivity index is 0.00000156. The number of anilines is 1.